The van der Waals surface area contributed by atoms with Crippen molar-refractivity contribution < 1.29 is 14.4 Å². The molecule has 10 heteroatoms. The van der Waals surface area contributed by atoms with Gasteiger partial charge in [0.2, 0.25) is 5.62 Å². The molecule has 0 fully saturated rings. The fraction of sp³-hybridized carbons (Fsp3) is 0.111. The number of amides is 2. The number of hydrogen-bond donors (Lipinski definition) is 5. The fourth-order valence-electron chi connectivity index (χ4n) is 2.94. The smallest absolute Gasteiger partial charge is 0.253 e. The van der Waals surface area contributed by atoms with Crippen molar-refractivity contribution in [3.63, 3.8) is 0 Å². The van der Waals surface area contributed by atoms with E-state index in [2.05, 4.69) is 0 Å². The highest BCUT2D eigenvalue weighted by Crippen LogP contribution is 2.18. The normalized spacial score (nSPS) is 10.6. The van der Waals surface area contributed by atoms with Crippen LogP contribution in [0.2, 0.25) is 0 Å². The Kier molecular flexibility index (Phi) is 5.34. The molecule has 10 nitrogen and oxygen atoms in total. The molecule has 0 aliphatic carbocycles. The maximum Gasteiger partial charge on any atom is 0.253 e. The molecule has 144 valence electrons. The predicted molar refractivity (Wildman–Crippen MR) is 100 cm³/mol. The van der Waals surface area contributed by atoms with E-state index in [1.165, 1.54) is 9.13 Å². The molecule has 1 heterocycles. The lowest BCUT2D eigenvalue weighted by atomic mass is 10.0. The molecule has 0 bridgehead atoms. The van der Waals surface area contributed by atoms with Crippen molar-refractivity contribution >= 4 is 28.6 Å². The van der Waals surface area contributed by atoms with Crippen LogP contribution in [0.25, 0.3) is 11.0 Å². The summed E-state index contributed by atoms with van der Waals surface area (Å²) in [6.07, 6.45) is 0. The summed E-state index contributed by atoms with van der Waals surface area (Å²) in [6.45, 7) is -0.457. The highest BCUT2D eigenvalue weighted by Gasteiger charge is 2.17. The van der Waals surface area contributed by atoms with Crippen LogP contribution >= 0.6 is 0 Å². The van der Waals surface area contributed by atoms with Crippen LogP contribution in [0.5, 0.6) is 0 Å². The van der Waals surface area contributed by atoms with Crippen molar-refractivity contribution in [2.75, 3.05) is 0 Å². The van der Waals surface area contributed by atoms with Crippen LogP contribution in [0, 0.1) is 5.41 Å². The van der Waals surface area contributed by atoms with Crippen molar-refractivity contribution in [2.45, 2.75) is 13.1 Å². The summed E-state index contributed by atoms with van der Waals surface area (Å²) in [5.74, 6) is 9.07. The van der Waals surface area contributed by atoms with Gasteiger partial charge in [-0.1, -0.05) is 30.3 Å². The zero-order valence-corrected chi connectivity index (χ0v) is 14.8. The first-order valence-corrected chi connectivity index (χ1v) is 8.32. The zero-order valence-electron chi connectivity index (χ0n) is 14.8. The molecule has 0 unspecified atom stereocenters. The predicted octanol–water partition coefficient (Wildman–Crippen LogP) is -0.867. The zero-order chi connectivity index (χ0) is 20.3. The van der Waals surface area contributed by atoms with Gasteiger partial charge < -0.3 is 9.13 Å². The first-order valence-electron chi connectivity index (χ1n) is 8.32. The molecule has 28 heavy (non-hydrogen) atoms. The van der Waals surface area contributed by atoms with Gasteiger partial charge in [0, 0.05) is 11.1 Å². The third-order valence-corrected chi connectivity index (χ3v) is 4.29. The lowest BCUT2D eigenvalue weighted by molar-refractivity contribution is -0.122. The van der Waals surface area contributed by atoms with Gasteiger partial charge in [-0.3, -0.25) is 30.6 Å². The molecule has 2 aromatic carbocycles. The number of imidazole rings is 1. The van der Waals surface area contributed by atoms with Gasteiger partial charge in [-0.2, -0.15) is 0 Å². The van der Waals surface area contributed by atoms with E-state index in [4.69, 9.17) is 17.1 Å². The molecular formula is C18H19N7O3. The van der Waals surface area contributed by atoms with Crippen LogP contribution < -0.4 is 28.2 Å². The first kappa shape index (κ1) is 19.0. The summed E-state index contributed by atoms with van der Waals surface area (Å²) in [4.78, 5) is 36.3. The number of fused-ring (bicyclic) bond motifs is 1. The molecule has 0 aliphatic heterocycles. The molecule has 3 rings (SSSR count). The average Bonchev–Trinajstić information content (AvgIpc) is 2.98. The minimum atomic E-state index is -0.527. The largest absolute Gasteiger partial charge is 0.301 e. The summed E-state index contributed by atoms with van der Waals surface area (Å²) in [7, 11) is 0. The number of hydrazine groups is 2. The van der Waals surface area contributed by atoms with Gasteiger partial charge in [-0.25, -0.2) is 11.7 Å². The Morgan fingerprint density at radius 1 is 0.821 bits per heavy atom. The molecule has 0 aliphatic rings. The van der Waals surface area contributed by atoms with Gasteiger partial charge in [0.15, 0.2) is 5.78 Å². The number of benzene rings is 2. The van der Waals surface area contributed by atoms with Crippen molar-refractivity contribution in [3.8, 4) is 0 Å². The van der Waals surface area contributed by atoms with E-state index in [1.807, 2.05) is 16.9 Å². The van der Waals surface area contributed by atoms with Crippen LogP contribution in [0.3, 0.4) is 0 Å². The second-order valence-electron chi connectivity index (χ2n) is 6.03. The third kappa shape index (κ3) is 3.54. The summed E-state index contributed by atoms with van der Waals surface area (Å²) in [5.41, 5.74) is 5.77. The van der Waals surface area contributed by atoms with E-state index in [9.17, 15) is 14.4 Å². The van der Waals surface area contributed by atoms with Crippen molar-refractivity contribution in [1.82, 2.24) is 20.0 Å². The summed E-state index contributed by atoms with van der Waals surface area (Å²) in [6, 6.07) is 13.6. The van der Waals surface area contributed by atoms with Crippen LogP contribution in [0.15, 0.2) is 48.5 Å². The number of nitrogens with zero attached hydrogens (tertiary/aromatic N) is 2. The van der Waals surface area contributed by atoms with Crippen LogP contribution in [0.4, 0.5) is 0 Å². The number of carbonyl (C=O) groups is 3. The van der Waals surface area contributed by atoms with E-state index in [1.54, 1.807) is 42.5 Å². The maximum atomic E-state index is 12.8. The first-order chi connectivity index (χ1) is 13.5. The summed E-state index contributed by atoms with van der Waals surface area (Å²) in [5, 5.41) is 8.35. The minimum absolute atomic E-state index is 0.105. The number of carbonyl (C=O) groups excluding carboxylic acids is 3. The van der Waals surface area contributed by atoms with E-state index in [0.29, 0.717) is 22.2 Å². The van der Waals surface area contributed by atoms with E-state index in [0.717, 1.165) is 0 Å². The number of rotatable bonds is 6. The molecule has 1 aromatic heterocycles. The summed E-state index contributed by atoms with van der Waals surface area (Å²) >= 11 is 0. The number of ketones is 1. The Morgan fingerprint density at radius 2 is 1.39 bits per heavy atom. The highest BCUT2D eigenvalue weighted by atomic mass is 16.2. The van der Waals surface area contributed by atoms with Gasteiger partial charge in [0.1, 0.15) is 13.1 Å². The Morgan fingerprint density at radius 3 is 1.96 bits per heavy atom. The molecule has 0 saturated carbocycles. The van der Waals surface area contributed by atoms with Gasteiger partial charge >= 0.3 is 0 Å². The molecule has 0 saturated heterocycles. The number of hydrogen-bond acceptors (Lipinski definition) is 6. The number of nitrogens with two attached hydrogens (primary N) is 2. The molecule has 0 spiro atoms. The van der Waals surface area contributed by atoms with Crippen molar-refractivity contribution in [3.05, 3.63) is 65.3 Å². The lowest BCUT2D eigenvalue weighted by Crippen LogP contribution is -2.39. The van der Waals surface area contributed by atoms with Gasteiger partial charge in [-0.05, 0) is 18.2 Å². The lowest BCUT2D eigenvalue weighted by Gasteiger charge is -2.05. The Balaban J connectivity index is 2.16. The van der Waals surface area contributed by atoms with Gasteiger partial charge in [0.05, 0.1) is 11.0 Å². The SMILES string of the molecule is N=c1n(CC(=O)NN)c2ccc(C(=O)c3ccccc3)cc2n1CC(=O)NN. The van der Waals surface area contributed by atoms with Crippen LogP contribution in [-0.4, -0.2) is 26.7 Å². The number of nitrogens with one attached hydrogen (secondary N) is 3. The molecule has 0 atom stereocenters. The Labute approximate surface area is 159 Å². The van der Waals surface area contributed by atoms with E-state index in [-0.39, 0.29) is 24.5 Å². The quantitative estimate of drug-likeness (QED) is 0.162. The van der Waals surface area contributed by atoms with Crippen LogP contribution in [-0.2, 0) is 22.7 Å². The molecular weight excluding hydrogens is 362 g/mol. The topological polar surface area (TPSA) is 161 Å². The Hall–Kier alpha value is -3.76. The second-order valence-corrected chi connectivity index (χ2v) is 6.03. The van der Waals surface area contributed by atoms with Gasteiger partial charge in [-0.15, -0.1) is 0 Å². The standard InChI is InChI=1S/C18H19N7O3/c19-18-24(9-15(26)22-20)13-7-6-12(17(28)11-4-2-1-3-5-11)8-14(13)25(18)10-16(27)23-21/h1-8,19H,9-10,20-21H2,(H,22,26)(H,23,27). The van der Waals surface area contributed by atoms with Crippen LogP contribution in [0.1, 0.15) is 15.9 Å². The monoisotopic (exact) mass is 381 g/mol. The molecule has 2 amide bonds. The third-order valence-electron chi connectivity index (χ3n) is 4.29. The second kappa shape index (κ2) is 7.86. The van der Waals surface area contributed by atoms with Gasteiger partial charge in [0.25, 0.3) is 11.8 Å². The number of aromatic nitrogens is 2. The highest BCUT2D eigenvalue weighted by molar-refractivity contribution is 6.10. The Bertz CT molecular complexity index is 1120. The average molecular weight is 381 g/mol. The minimum Gasteiger partial charge on any atom is -0.301 e. The fourth-order valence-corrected chi connectivity index (χ4v) is 2.94. The summed E-state index contributed by atoms with van der Waals surface area (Å²) < 4.78 is 2.75. The van der Waals surface area contributed by atoms with E-state index >= 15 is 0 Å². The van der Waals surface area contributed by atoms with E-state index < -0.39 is 11.8 Å². The molecule has 0 radical (unpaired) electrons. The van der Waals surface area contributed by atoms with Crippen molar-refractivity contribution in [2.24, 2.45) is 11.7 Å². The molecule has 7 N–H and O–H groups in total. The van der Waals surface area contributed by atoms with Crippen molar-refractivity contribution in [1.29, 1.82) is 5.41 Å². The maximum absolute atomic E-state index is 12.8. The molecule has 3 aromatic rings.